The highest BCUT2D eigenvalue weighted by molar-refractivity contribution is 14.0. The molecule has 174 valence electrons. The van der Waals surface area contributed by atoms with Crippen LogP contribution in [0.3, 0.4) is 0 Å². The van der Waals surface area contributed by atoms with Crippen LogP contribution in [0.1, 0.15) is 18.1 Å². The van der Waals surface area contributed by atoms with Crippen molar-refractivity contribution in [1.29, 1.82) is 0 Å². The number of piperazine rings is 1. The average molecular weight is 573 g/mol. The monoisotopic (exact) mass is 572 g/mol. The predicted molar refractivity (Wildman–Crippen MR) is 138 cm³/mol. The molecule has 0 unspecified atom stereocenters. The Morgan fingerprint density at radius 3 is 2.53 bits per heavy atom. The molecule has 0 atom stereocenters. The van der Waals surface area contributed by atoms with E-state index < -0.39 is 0 Å². The molecule has 1 heterocycles. The summed E-state index contributed by atoms with van der Waals surface area (Å²) in [5.74, 6) is 1.74. The molecule has 1 amide bonds. The van der Waals surface area contributed by atoms with E-state index in [1.54, 1.807) is 31.4 Å². The summed E-state index contributed by atoms with van der Waals surface area (Å²) in [4.78, 5) is 21.4. The molecule has 2 N–H and O–H groups in total. The molecule has 1 saturated heterocycles. The number of guanidine groups is 1. The van der Waals surface area contributed by atoms with E-state index in [0.29, 0.717) is 55.5 Å². The van der Waals surface area contributed by atoms with Crippen molar-refractivity contribution >= 4 is 47.4 Å². The number of hydrogen-bond donors (Lipinski definition) is 2. The number of aromatic hydroxyl groups is 1. The SMILES string of the molecule is CCNC(=NCc1cc(OC)ccc1O)N1CCN(C(=O)Cc2cccc(Cl)c2)CC1.I. The molecule has 2 aromatic carbocycles. The highest BCUT2D eigenvalue weighted by Gasteiger charge is 2.23. The number of amides is 1. The lowest BCUT2D eigenvalue weighted by Crippen LogP contribution is -2.54. The molecule has 0 saturated carbocycles. The van der Waals surface area contributed by atoms with Gasteiger partial charge in [-0.15, -0.1) is 24.0 Å². The van der Waals surface area contributed by atoms with Crippen LogP contribution in [0.2, 0.25) is 5.02 Å². The fourth-order valence-corrected chi connectivity index (χ4v) is 3.72. The van der Waals surface area contributed by atoms with Gasteiger partial charge in [-0.3, -0.25) is 4.79 Å². The first-order valence-electron chi connectivity index (χ1n) is 10.4. The Bertz CT molecular complexity index is 933. The fraction of sp³-hybridized carbons (Fsp3) is 0.391. The van der Waals surface area contributed by atoms with E-state index in [0.717, 1.165) is 18.1 Å². The number of carbonyl (C=O) groups is 1. The Kier molecular flexibility index (Phi) is 10.4. The van der Waals surface area contributed by atoms with Crippen molar-refractivity contribution in [3.05, 3.63) is 58.6 Å². The molecule has 0 aliphatic carbocycles. The van der Waals surface area contributed by atoms with Gasteiger partial charge in [-0.1, -0.05) is 23.7 Å². The van der Waals surface area contributed by atoms with Crippen molar-refractivity contribution in [2.24, 2.45) is 4.99 Å². The Morgan fingerprint density at radius 2 is 1.88 bits per heavy atom. The number of aliphatic imine (C=N–C) groups is 1. The fourth-order valence-electron chi connectivity index (χ4n) is 3.50. The number of nitrogens with one attached hydrogen (secondary N) is 1. The highest BCUT2D eigenvalue weighted by atomic mass is 127. The third-order valence-electron chi connectivity index (χ3n) is 5.20. The van der Waals surface area contributed by atoms with Gasteiger partial charge >= 0.3 is 0 Å². The standard InChI is InChI=1S/C23H29ClN4O3.HI/c1-3-25-23(26-16-18-15-20(31-2)7-8-21(18)29)28-11-9-27(10-12-28)22(30)14-17-5-4-6-19(24)13-17;/h4-8,13,15,29H,3,9-12,14,16H2,1-2H3,(H,25,26);1H. The first-order valence-corrected chi connectivity index (χ1v) is 10.8. The molecule has 0 spiro atoms. The lowest BCUT2D eigenvalue weighted by Gasteiger charge is -2.36. The number of phenolic OH excluding ortho intramolecular Hbond substituents is 1. The molecule has 9 heteroatoms. The first kappa shape index (κ1) is 26.1. The van der Waals surface area contributed by atoms with Crippen LogP contribution in [-0.2, 0) is 17.8 Å². The Balaban J connectivity index is 0.00000363. The molecule has 0 bridgehead atoms. The van der Waals surface area contributed by atoms with Gasteiger partial charge in [0, 0.05) is 43.3 Å². The van der Waals surface area contributed by atoms with Gasteiger partial charge in [0.1, 0.15) is 11.5 Å². The van der Waals surface area contributed by atoms with Crippen LogP contribution < -0.4 is 10.1 Å². The molecule has 2 aromatic rings. The normalized spacial score (nSPS) is 14.0. The summed E-state index contributed by atoms with van der Waals surface area (Å²) in [6, 6.07) is 12.5. The molecule has 1 aliphatic heterocycles. The minimum Gasteiger partial charge on any atom is -0.508 e. The van der Waals surface area contributed by atoms with Gasteiger partial charge in [0.15, 0.2) is 5.96 Å². The van der Waals surface area contributed by atoms with E-state index in [-0.39, 0.29) is 35.6 Å². The zero-order valence-electron chi connectivity index (χ0n) is 18.4. The molecular weight excluding hydrogens is 543 g/mol. The van der Waals surface area contributed by atoms with E-state index in [2.05, 4.69) is 15.2 Å². The Morgan fingerprint density at radius 1 is 1.16 bits per heavy atom. The average Bonchev–Trinajstić information content (AvgIpc) is 2.77. The van der Waals surface area contributed by atoms with Crippen LogP contribution in [0.15, 0.2) is 47.5 Å². The van der Waals surface area contributed by atoms with E-state index in [1.165, 1.54) is 0 Å². The number of nitrogens with zero attached hydrogens (tertiary/aromatic N) is 3. The van der Waals surface area contributed by atoms with Crippen molar-refractivity contribution in [2.75, 3.05) is 39.8 Å². The predicted octanol–water partition coefficient (Wildman–Crippen LogP) is 3.52. The largest absolute Gasteiger partial charge is 0.508 e. The van der Waals surface area contributed by atoms with Gasteiger partial charge in [0.25, 0.3) is 0 Å². The summed E-state index contributed by atoms with van der Waals surface area (Å²) in [7, 11) is 1.59. The van der Waals surface area contributed by atoms with Crippen molar-refractivity contribution in [2.45, 2.75) is 19.9 Å². The number of halogens is 2. The molecule has 1 aliphatic rings. The number of carbonyl (C=O) groups excluding carboxylic acids is 1. The molecule has 0 aromatic heterocycles. The summed E-state index contributed by atoms with van der Waals surface area (Å²) >= 11 is 6.02. The lowest BCUT2D eigenvalue weighted by atomic mass is 10.1. The molecule has 0 radical (unpaired) electrons. The van der Waals surface area contributed by atoms with Crippen LogP contribution in [0, 0.1) is 0 Å². The Labute approximate surface area is 211 Å². The van der Waals surface area contributed by atoms with Crippen LogP contribution in [0.5, 0.6) is 11.5 Å². The molecule has 7 nitrogen and oxygen atoms in total. The quantitative estimate of drug-likeness (QED) is 0.315. The number of benzene rings is 2. The first-order chi connectivity index (χ1) is 15.0. The minimum atomic E-state index is 0. The number of phenols is 1. The van der Waals surface area contributed by atoms with Crippen LogP contribution in [0.4, 0.5) is 0 Å². The second-order valence-electron chi connectivity index (χ2n) is 7.34. The van der Waals surface area contributed by atoms with Gasteiger partial charge in [0.05, 0.1) is 20.1 Å². The molecular formula is C23H30ClIN4O3. The molecule has 32 heavy (non-hydrogen) atoms. The number of ether oxygens (including phenoxy) is 1. The third kappa shape index (κ3) is 7.16. The Hall–Kier alpha value is -2.20. The van der Waals surface area contributed by atoms with Crippen LogP contribution in [-0.4, -0.2) is 66.6 Å². The number of methoxy groups -OCH3 is 1. The zero-order chi connectivity index (χ0) is 22.2. The van der Waals surface area contributed by atoms with Gasteiger partial charge in [-0.2, -0.15) is 0 Å². The topological polar surface area (TPSA) is 77.4 Å². The van der Waals surface area contributed by atoms with E-state index in [1.807, 2.05) is 30.0 Å². The van der Waals surface area contributed by atoms with Gasteiger partial charge in [0.2, 0.25) is 5.91 Å². The molecule has 3 rings (SSSR count). The number of rotatable bonds is 6. The number of hydrogen-bond acceptors (Lipinski definition) is 4. The third-order valence-corrected chi connectivity index (χ3v) is 5.43. The second kappa shape index (κ2) is 12.7. The maximum atomic E-state index is 12.7. The highest BCUT2D eigenvalue weighted by Crippen LogP contribution is 2.23. The zero-order valence-corrected chi connectivity index (χ0v) is 21.5. The van der Waals surface area contributed by atoms with Gasteiger partial charge in [-0.25, -0.2) is 4.99 Å². The second-order valence-corrected chi connectivity index (χ2v) is 7.78. The molecule has 1 fully saturated rings. The maximum absolute atomic E-state index is 12.7. The van der Waals surface area contributed by atoms with Crippen LogP contribution >= 0.6 is 35.6 Å². The minimum absolute atomic E-state index is 0. The summed E-state index contributed by atoms with van der Waals surface area (Å²) in [5, 5.41) is 14.1. The van der Waals surface area contributed by atoms with Crippen LogP contribution in [0.25, 0.3) is 0 Å². The maximum Gasteiger partial charge on any atom is 0.227 e. The van der Waals surface area contributed by atoms with Crippen molar-refractivity contribution in [1.82, 2.24) is 15.1 Å². The smallest absolute Gasteiger partial charge is 0.227 e. The lowest BCUT2D eigenvalue weighted by molar-refractivity contribution is -0.131. The summed E-state index contributed by atoms with van der Waals surface area (Å²) in [6.07, 6.45) is 0.351. The van der Waals surface area contributed by atoms with E-state index in [4.69, 9.17) is 16.3 Å². The van der Waals surface area contributed by atoms with E-state index in [9.17, 15) is 9.90 Å². The van der Waals surface area contributed by atoms with Gasteiger partial charge in [-0.05, 0) is 42.8 Å². The van der Waals surface area contributed by atoms with Crippen molar-refractivity contribution in [3.8, 4) is 11.5 Å². The van der Waals surface area contributed by atoms with Crippen molar-refractivity contribution in [3.63, 3.8) is 0 Å². The van der Waals surface area contributed by atoms with E-state index >= 15 is 0 Å². The summed E-state index contributed by atoms with van der Waals surface area (Å²) in [5.41, 5.74) is 1.62. The summed E-state index contributed by atoms with van der Waals surface area (Å²) in [6.45, 7) is 5.73. The van der Waals surface area contributed by atoms with Gasteiger partial charge < -0.3 is 25.0 Å². The summed E-state index contributed by atoms with van der Waals surface area (Å²) < 4.78 is 5.23. The van der Waals surface area contributed by atoms with Crippen molar-refractivity contribution < 1.29 is 14.6 Å².